The van der Waals surface area contributed by atoms with Crippen molar-refractivity contribution >= 4 is 11.6 Å². The minimum absolute atomic E-state index is 0.0257. The van der Waals surface area contributed by atoms with E-state index in [9.17, 15) is 9.90 Å². The first-order valence-electron chi connectivity index (χ1n) is 13.0. The van der Waals surface area contributed by atoms with E-state index in [1.165, 1.54) is 5.56 Å². The van der Waals surface area contributed by atoms with Crippen LogP contribution in [-0.4, -0.2) is 17.1 Å². The van der Waals surface area contributed by atoms with Crippen LogP contribution in [0.4, 0.5) is 5.69 Å². The van der Waals surface area contributed by atoms with Gasteiger partial charge in [0.05, 0.1) is 18.2 Å². The quantitative estimate of drug-likeness (QED) is 0.208. The third kappa shape index (κ3) is 6.16. The molecule has 0 saturated heterocycles. The maximum Gasteiger partial charge on any atom is 0.241 e. The maximum atomic E-state index is 13.8. The molecule has 4 heteroatoms. The summed E-state index contributed by atoms with van der Waals surface area (Å²) in [5.41, 5.74) is 5.21. The van der Waals surface area contributed by atoms with Crippen molar-refractivity contribution in [3.05, 3.63) is 137 Å². The smallest absolute Gasteiger partial charge is 0.241 e. The van der Waals surface area contributed by atoms with E-state index in [1.807, 2.05) is 60.7 Å². The molecule has 4 nitrogen and oxygen atoms in total. The fourth-order valence-electron chi connectivity index (χ4n) is 4.79. The average Bonchev–Trinajstić information content (AvgIpc) is 2.95. The summed E-state index contributed by atoms with van der Waals surface area (Å²) in [6.45, 7) is 4.20. The van der Waals surface area contributed by atoms with Crippen LogP contribution in [0.1, 0.15) is 54.0 Å². The van der Waals surface area contributed by atoms with Crippen LogP contribution in [0, 0.1) is 6.92 Å². The fraction of sp³-hybridized carbons (Fsp3) is 0.242. The van der Waals surface area contributed by atoms with Gasteiger partial charge in [0, 0.05) is 5.69 Å². The van der Waals surface area contributed by atoms with Crippen LogP contribution in [0.3, 0.4) is 0 Å². The second kappa shape index (κ2) is 12.5. The Morgan fingerprint density at radius 2 is 1.32 bits per heavy atom. The van der Waals surface area contributed by atoms with Gasteiger partial charge in [0.25, 0.3) is 0 Å². The maximum absolute atomic E-state index is 13.8. The van der Waals surface area contributed by atoms with Crippen molar-refractivity contribution in [2.45, 2.75) is 51.3 Å². The van der Waals surface area contributed by atoms with E-state index >= 15 is 0 Å². The number of amides is 1. The number of anilines is 1. The molecule has 0 bridgehead atoms. The van der Waals surface area contributed by atoms with Crippen molar-refractivity contribution in [2.24, 2.45) is 0 Å². The van der Waals surface area contributed by atoms with Gasteiger partial charge < -0.3 is 10.4 Å². The predicted molar refractivity (Wildman–Crippen MR) is 151 cm³/mol. The van der Waals surface area contributed by atoms with Crippen molar-refractivity contribution in [1.82, 2.24) is 5.32 Å². The van der Waals surface area contributed by atoms with Crippen LogP contribution in [-0.2, 0) is 16.9 Å². The van der Waals surface area contributed by atoms with Gasteiger partial charge in [0.15, 0.2) is 0 Å². The number of hydrogen-bond donors (Lipinski definition) is 3. The lowest BCUT2D eigenvalue weighted by atomic mass is 9.76. The number of aryl methyl sites for hydroxylation is 1. The molecule has 37 heavy (non-hydrogen) atoms. The van der Waals surface area contributed by atoms with Gasteiger partial charge >= 0.3 is 0 Å². The first-order valence-corrected chi connectivity index (χ1v) is 13.0. The number of rotatable bonds is 11. The molecule has 3 N–H and O–H groups in total. The van der Waals surface area contributed by atoms with Gasteiger partial charge in [0.2, 0.25) is 5.91 Å². The van der Waals surface area contributed by atoms with E-state index in [-0.39, 0.29) is 12.5 Å². The lowest BCUT2D eigenvalue weighted by Crippen LogP contribution is -2.53. The Balaban J connectivity index is 1.81. The lowest BCUT2D eigenvalue weighted by molar-refractivity contribution is -0.118. The van der Waals surface area contributed by atoms with Crippen LogP contribution >= 0.6 is 0 Å². The highest BCUT2D eigenvalue weighted by atomic mass is 16.3. The standard InChI is InChI=1S/C33H36N2O2/c1-3-4-15-31(32(37)34-30-22-18-26(24-36)19-23-30)35-33(27-11-7-5-8-12-27,28-13-9-6-10-14-28)29-20-16-25(2)17-21-29/h5-14,16-23,31,35-36H,3-4,15,24H2,1-2H3,(H,34,37). The highest BCUT2D eigenvalue weighted by Crippen LogP contribution is 2.38. The SMILES string of the molecule is CCCCC(NC(c1ccccc1)(c1ccccc1)c1ccc(C)cc1)C(=O)Nc1ccc(CO)cc1. The normalized spacial score (nSPS) is 12.2. The van der Waals surface area contributed by atoms with Gasteiger partial charge in [0.1, 0.15) is 0 Å². The predicted octanol–water partition coefficient (Wildman–Crippen LogP) is 6.57. The Bertz CT molecular complexity index is 1210. The molecule has 0 aliphatic heterocycles. The molecule has 190 valence electrons. The number of carbonyl (C=O) groups excluding carboxylic acids is 1. The Morgan fingerprint density at radius 1 is 0.784 bits per heavy atom. The second-order valence-corrected chi connectivity index (χ2v) is 9.53. The molecule has 0 saturated carbocycles. The Labute approximate surface area is 220 Å². The first-order chi connectivity index (χ1) is 18.1. The van der Waals surface area contributed by atoms with Gasteiger partial charge in [-0.3, -0.25) is 10.1 Å². The molecule has 1 amide bonds. The van der Waals surface area contributed by atoms with Gasteiger partial charge in [-0.1, -0.05) is 122 Å². The molecule has 0 heterocycles. The van der Waals surface area contributed by atoms with Gasteiger partial charge in [-0.25, -0.2) is 0 Å². The molecule has 0 radical (unpaired) electrons. The highest BCUT2D eigenvalue weighted by molar-refractivity contribution is 5.95. The van der Waals surface area contributed by atoms with E-state index in [1.54, 1.807) is 0 Å². The molecule has 0 spiro atoms. The minimum atomic E-state index is -0.729. The molecule has 0 aliphatic rings. The number of unbranched alkanes of at least 4 members (excludes halogenated alkanes) is 1. The summed E-state index contributed by atoms with van der Waals surface area (Å²) in [5.74, 6) is -0.0754. The zero-order chi connectivity index (χ0) is 26.1. The van der Waals surface area contributed by atoms with Crippen molar-refractivity contribution in [1.29, 1.82) is 0 Å². The van der Waals surface area contributed by atoms with E-state index in [2.05, 4.69) is 73.0 Å². The van der Waals surface area contributed by atoms with Crippen LogP contribution < -0.4 is 10.6 Å². The number of aliphatic hydroxyl groups is 1. The summed E-state index contributed by atoms with van der Waals surface area (Å²) >= 11 is 0. The van der Waals surface area contributed by atoms with Crippen LogP contribution in [0.25, 0.3) is 0 Å². The van der Waals surface area contributed by atoms with Crippen LogP contribution in [0.5, 0.6) is 0 Å². The zero-order valence-corrected chi connectivity index (χ0v) is 21.7. The Morgan fingerprint density at radius 3 is 1.84 bits per heavy atom. The van der Waals surface area contributed by atoms with E-state index in [0.717, 1.165) is 35.1 Å². The van der Waals surface area contributed by atoms with Gasteiger partial charge in [-0.15, -0.1) is 0 Å². The van der Waals surface area contributed by atoms with Gasteiger partial charge in [-0.2, -0.15) is 0 Å². The minimum Gasteiger partial charge on any atom is -0.392 e. The summed E-state index contributed by atoms with van der Waals surface area (Å²) in [6, 6.07) is 36.2. The Hall–Kier alpha value is -3.73. The number of hydrogen-bond acceptors (Lipinski definition) is 3. The lowest BCUT2D eigenvalue weighted by Gasteiger charge is -2.40. The van der Waals surface area contributed by atoms with E-state index in [4.69, 9.17) is 0 Å². The van der Waals surface area contributed by atoms with E-state index < -0.39 is 11.6 Å². The second-order valence-electron chi connectivity index (χ2n) is 9.53. The van der Waals surface area contributed by atoms with Crippen LogP contribution in [0.2, 0.25) is 0 Å². The molecule has 4 aromatic carbocycles. The molecule has 4 rings (SSSR count). The van der Waals surface area contributed by atoms with Crippen LogP contribution in [0.15, 0.2) is 109 Å². The topological polar surface area (TPSA) is 61.4 Å². The summed E-state index contributed by atoms with van der Waals surface area (Å²) in [7, 11) is 0. The monoisotopic (exact) mass is 492 g/mol. The van der Waals surface area contributed by atoms with Crippen molar-refractivity contribution in [3.8, 4) is 0 Å². The summed E-state index contributed by atoms with van der Waals surface area (Å²) in [6.07, 6.45) is 2.61. The summed E-state index contributed by atoms with van der Waals surface area (Å²) < 4.78 is 0. The van der Waals surface area contributed by atoms with Crippen molar-refractivity contribution in [3.63, 3.8) is 0 Å². The molecular formula is C33H36N2O2. The van der Waals surface area contributed by atoms with Gasteiger partial charge in [-0.05, 0) is 47.7 Å². The number of nitrogens with one attached hydrogen (secondary N) is 2. The molecule has 0 fully saturated rings. The van der Waals surface area contributed by atoms with E-state index in [0.29, 0.717) is 12.1 Å². The summed E-state index contributed by atoms with van der Waals surface area (Å²) in [5, 5.41) is 16.3. The van der Waals surface area contributed by atoms with Crippen molar-refractivity contribution < 1.29 is 9.90 Å². The third-order valence-corrected chi connectivity index (χ3v) is 6.86. The first kappa shape index (κ1) is 26.3. The molecular weight excluding hydrogens is 456 g/mol. The average molecular weight is 493 g/mol. The third-order valence-electron chi connectivity index (χ3n) is 6.86. The number of aliphatic hydroxyl groups excluding tert-OH is 1. The molecule has 0 aromatic heterocycles. The molecule has 4 aromatic rings. The summed E-state index contributed by atoms with van der Waals surface area (Å²) in [4.78, 5) is 13.8. The zero-order valence-electron chi connectivity index (χ0n) is 21.7. The molecule has 1 atom stereocenters. The molecule has 1 unspecified atom stereocenters. The molecule has 0 aliphatic carbocycles. The number of benzene rings is 4. The highest BCUT2D eigenvalue weighted by Gasteiger charge is 2.39. The fourth-order valence-corrected chi connectivity index (χ4v) is 4.79. The van der Waals surface area contributed by atoms with Crippen molar-refractivity contribution in [2.75, 3.05) is 5.32 Å². The largest absolute Gasteiger partial charge is 0.392 e. The Kier molecular flexibility index (Phi) is 8.89. The number of carbonyl (C=O) groups is 1.